The number of fused-ring (bicyclic) bond motifs is 1. The standard InChI is InChI=1S/C19H21N3O6S/c1-11-13-7-8-22(18(13)21-10-20-11)19-16(25)15(24)17(28-19)14(23)9-29(26,27)12-5-3-2-4-6-12/h2-8,10,14-17,19,23-25H,9H2,1H3/t14-,15+,16-,17-,19-/m1/s1. The number of ether oxygens (including phenoxy) is 1. The number of sulfone groups is 1. The summed E-state index contributed by atoms with van der Waals surface area (Å²) in [4.78, 5) is 8.37. The molecule has 3 aromatic rings. The van der Waals surface area contributed by atoms with Crippen LogP contribution in [0.3, 0.4) is 0 Å². The smallest absolute Gasteiger partial charge is 0.181 e. The topological polar surface area (TPSA) is 135 Å². The van der Waals surface area contributed by atoms with E-state index in [0.29, 0.717) is 5.65 Å². The molecule has 0 bridgehead atoms. The Morgan fingerprint density at radius 3 is 2.59 bits per heavy atom. The third kappa shape index (κ3) is 3.53. The monoisotopic (exact) mass is 419 g/mol. The molecule has 9 nitrogen and oxygen atoms in total. The Bertz CT molecular complexity index is 1120. The highest BCUT2D eigenvalue weighted by atomic mass is 32.2. The van der Waals surface area contributed by atoms with Gasteiger partial charge in [-0.25, -0.2) is 18.4 Å². The van der Waals surface area contributed by atoms with Crippen molar-refractivity contribution >= 4 is 20.9 Å². The number of aliphatic hydroxyl groups excluding tert-OH is 3. The van der Waals surface area contributed by atoms with Crippen molar-refractivity contribution in [1.29, 1.82) is 0 Å². The zero-order valence-electron chi connectivity index (χ0n) is 15.5. The van der Waals surface area contributed by atoms with Crippen LogP contribution in [-0.2, 0) is 14.6 Å². The molecule has 0 unspecified atom stereocenters. The lowest BCUT2D eigenvalue weighted by Crippen LogP contribution is -2.42. The first kappa shape index (κ1) is 19.9. The molecular weight excluding hydrogens is 398 g/mol. The lowest BCUT2D eigenvalue weighted by atomic mass is 10.1. The molecule has 0 amide bonds. The molecule has 1 saturated heterocycles. The maximum Gasteiger partial charge on any atom is 0.181 e. The Hall–Kier alpha value is -2.37. The van der Waals surface area contributed by atoms with Gasteiger partial charge in [0, 0.05) is 11.6 Å². The molecule has 154 valence electrons. The van der Waals surface area contributed by atoms with Gasteiger partial charge in [0.1, 0.15) is 30.3 Å². The number of hydrogen-bond donors (Lipinski definition) is 3. The quantitative estimate of drug-likeness (QED) is 0.534. The minimum absolute atomic E-state index is 0.0622. The molecular formula is C19H21N3O6S. The molecule has 0 aliphatic carbocycles. The van der Waals surface area contributed by atoms with E-state index < -0.39 is 46.2 Å². The maximum atomic E-state index is 12.5. The molecule has 0 spiro atoms. The van der Waals surface area contributed by atoms with Gasteiger partial charge in [0.05, 0.1) is 22.4 Å². The van der Waals surface area contributed by atoms with E-state index in [1.165, 1.54) is 23.0 Å². The first-order chi connectivity index (χ1) is 13.8. The van der Waals surface area contributed by atoms with Gasteiger partial charge in [0.2, 0.25) is 0 Å². The number of aliphatic hydroxyl groups is 3. The number of aromatic nitrogens is 3. The average molecular weight is 419 g/mol. The van der Waals surface area contributed by atoms with Crippen LogP contribution < -0.4 is 0 Å². The number of benzene rings is 1. The maximum absolute atomic E-state index is 12.5. The summed E-state index contributed by atoms with van der Waals surface area (Å²) in [6.45, 7) is 1.82. The van der Waals surface area contributed by atoms with Gasteiger partial charge in [-0.2, -0.15) is 0 Å². The molecule has 1 aliphatic rings. The number of nitrogens with zero attached hydrogens (tertiary/aromatic N) is 3. The minimum Gasteiger partial charge on any atom is -0.389 e. The highest BCUT2D eigenvalue weighted by molar-refractivity contribution is 7.91. The molecule has 1 aromatic carbocycles. The molecule has 10 heteroatoms. The van der Waals surface area contributed by atoms with E-state index in [-0.39, 0.29) is 4.90 Å². The van der Waals surface area contributed by atoms with E-state index in [9.17, 15) is 23.7 Å². The second kappa shape index (κ2) is 7.47. The third-order valence-electron chi connectivity index (χ3n) is 5.13. The molecule has 3 heterocycles. The average Bonchev–Trinajstić information content (AvgIpc) is 3.25. The summed E-state index contributed by atoms with van der Waals surface area (Å²) in [6, 6.07) is 9.48. The molecule has 1 aliphatic heterocycles. The van der Waals surface area contributed by atoms with Gasteiger partial charge < -0.3 is 24.6 Å². The van der Waals surface area contributed by atoms with Crippen LogP contribution in [0.1, 0.15) is 11.9 Å². The molecule has 3 N–H and O–H groups in total. The lowest BCUT2D eigenvalue weighted by Gasteiger charge is -2.21. The summed E-state index contributed by atoms with van der Waals surface area (Å²) in [5.74, 6) is -0.647. The first-order valence-corrected chi connectivity index (χ1v) is 10.7. The van der Waals surface area contributed by atoms with Crippen molar-refractivity contribution in [1.82, 2.24) is 14.5 Å². The summed E-state index contributed by atoms with van der Waals surface area (Å²) in [5.41, 5.74) is 1.24. The van der Waals surface area contributed by atoms with E-state index in [2.05, 4.69) is 9.97 Å². The Labute approximate surface area is 167 Å². The van der Waals surface area contributed by atoms with Crippen molar-refractivity contribution < 1.29 is 28.5 Å². The summed E-state index contributed by atoms with van der Waals surface area (Å²) >= 11 is 0. The van der Waals surface area contributed by atoms with Crippen LogP contribution >= 0.6 is 0 Å². The Morgan fingerprint density at radius 1 is 1.14 bits per heavy atom. The highest BCUT2D eigenvalue weighted by Crippen LogP contribution is 2.34. The molecule has 0 radical (unpaired) electrons. The van der Waals surface area contributed by atoms with Gasteiger partial charge in [-0.3, -0.25) is 0 Å². The predicted octanol–water partition coefficient (Wildman–Crippen LogP) is 0.194. The molecule has 4 rings (SSSR count). The minimum atomic E-state index is -3.80. The zero-order valence-corrected chi connectivity index (χ0v) is 16.3. The molecule has 1 fully saturated rings. The van der Waals surface area contributed by atoms with Crippen LogP contribution in [0.15, 0.2) is 53.8 Å². The SMILES string of the molecule is Cc1ncnc2c1ccn2[C@@H]1O[C@H]([C@H](O)CS(=O)(=O)c2ccccc2)[C@@H](O)[C@H]1O. The lowest BCUT2D eigenvalue weighted by molar-refractivity contribution is -0.0765. The van der Waals surface area contributed by atoms with Gasteiger partial charge in [0.15, 0.2) is 16.1 Å². The van der Waals surface area contributed by atoms with E-state index in [0.717, 1.165) is 11.1 Å². The molecule has 29 heavy (non-hydrogen) atoms. The summed E-state index contributed by atoms with van der Waals surface area (Å²) in [6.07, 6.45) is -3.67. The van der Waals surface area contributed by atoms with Gasteiger partial charge >= 0.3 is 0 Å². The van der Waals surface area contributed by atoms with Crippen LogP contribution in [0.25, 0.3) is 11.0 Å². The fraction of sp³-hybridized carbons (Fsp3) is 0.368. The van der Waals surface area contributed by atoms with Crippen molar-refractivity contribution in [2.45, 2.75) is 42.5 Å². The van der Waals surface area contributed by atoms with Gasteiger partial charge in [-0.05, 0) is 25.1 Å². The first-order valence-electron chi connectivity index (χ1n) is 9.05. The molecule has 5 atom stereocenters. The predicted molar refractivity (Wildman–Crippen MR) is 103 cm³/mol. The Kier molecular flexibility index (Phi) is 5.13. The summed E-state index contributed by atoms with van der Waals surface area (Å²) in [7, 11) is -3.80. The van der Waals surface area contributed by atoms with Crippen LogP contribution in [0.4, 0.5) is 0 Å². The van der Waals surface area contributed by atoms with Crippen molar-refractivity contribution in [2.75, 3.05) is 5.75 Å². The van der Waals surface area contributed by atoms with E-state index in [1.807, 2.05) is 6.92 Å². The largest absolute Gasteiger partial charge is 0.389 e. The van der Waals surface area contributed by atoms with E-state index >= 15 is 0 Å². The van der Waals surface area contributed by atoms with Crippen molar-refractivity contribution in [3.05, 3.63) is 54.6 Å². The van der Waals surface area contributed by atoms with Gasteiger partial charge in [-0.15, -0.1) is 0 Å². The number of aryl methyl sites for hydroxylation is 1. The van der Waals surface area contributed by atoms with Gasteiger partial charge in [-0.1, -0.05) is 18.2 Å². The van der Waals surface area contributed by atoms with Crippen molar-refractivity contribution in [3.8, 4) is 0 Å². The van der Waals surface area contributed by atoms with E-state index in [1.54, 1.807) is 30.5 Å². The Balaban J connectivity index is 1.57. The highest BCUT2D eigenvalue weighted by Gasteiger charge is 2.48. The number of hydrogen-bond acceptors (Lipinski definition) is 8. The third-order valence-corrected chi connectivity index (χ3v) is 6.90. The van der Waals surface area contributed by atoms with Gasteiger partial charge in [0.25, 0.3) is 0 Å². The molecule has 0 saturated carbocycles. The van der Waals surface area contributed by atoms with Crippen LogP contribution in [-0.4, -0.2) is 68.4 Å². The second-order valence-electron chi connectivity index (χ2n) is 7.05. The molecule has 2 aromatic heterocycles. The number of rotatable bonds is 5. The second-order valence-corrected chi connectivity index (χ2v) is 9.09. The summed E-state index contributed by atoms with van der Waals surface area (Å²) in [5, 5.41) is 32.2. The van der Waals surface area contributed by atoms with Crippen LogP contribution in [0.2, 0.25) is 0 Å². The fourth-order valence-corrected chi connectivity index (χ4v) is 4.98. The summed E-state index contributed by atoms with van der Waals surface area (Å²) < 4.78 is 32.3. The van der Waals surface area contributed by atoms with Crippen molar-refractivity contribution in [2.24, 2.45) is 0 Å². The van der Waals surface area contributed by atoms with Crippen LogP contribution in [0, 0.1) is 6.92 Å². The van der Waals surface area contributed by atoms with Crippen LogP contribution in [0.5, 0.6) is 0 Å². The normalized spacial score (nSPS) is 26.1. The fourth-order valence-electron chi connectivity index (χ4n) is 3.58. The van der Waals surface area contributed by atoms with Crippen molar-refractivity contribution in [3.63, 3.8) is 0 Å². The Morgan fingerprint density at radius 2 is 1.86 bits per heavy atom. The van der Waals surface area contributed by atoms with E-state index in [4.69, 9.17) is 4.74 Å². The zero-order chi connectivity index (χ0) is 20.8.